The van der Waals surface area contributed by atoms with Crippen molar-refractivity contribution in [2.24, 2.45) is 5.92 Å². The molecule has 0 amide bonds. The second-order valence-electron chi connectivity index (χ2n) is 8.70. The third-order valence-electron chi connectivity index (χ3n) is 6.08. The Morgan fingerprint density at radius 2 is 2.11 bits per heavy atom. The van der Waals surface area contributed by atoms with Crippen LogP contribution in [0.3, 0.4) is 0 Å². The van der Waals surface area contributed by atoms with Gasteiger partial charge in [-0.2, -0.15) is 13.1 Å². The summed E-state index contributed by atoms with van der Waals surface area (Å²) < 4.78 is 33.4. The molecule has 1 saturated carbocycles. The number of halogens is 1. The minimum absolute atomic E-state index is 0.113. The molecule has 4 rings (SSSR count). The first-order chi connectivity index (χ1) is 16.9. The van der Waals surface area contributed by atoms with Crippen LogP contribution in [0.15, 0.2) is 46.8 Å². The Balaban J connectivity index is 1.50. The lowest BCUT2D eigenvalue weighted by Crippen LogP contribution is -2.32. The van der Waals surface area contributed by atoms with Crippen LogP contribution in [0, 0.1) is 5.92 Å². The number of aliphatic hydroxyl groups is 2. The number of hydrogen-bond donors (Lipinski definition) is 5. The van der Waals surface area contributed by atoms with E-state index in [9.17, 15) is 23.4 Å². The zero-order chi connectivity index (χ0) is 26.1. The van der Waals surface area contributed by atoms with Gasteiger partial charge in [0.05, 0.1) is 22.2 Å². The van der Waals surface area contributed by atoms with E-state index in [-0.39, 0.29) is 29.8 Å². The van der Waals surface area contributed by atoms with Crippen molar-refractivity contribution >= 4 is 49.2 Å². The summed E-state index contributed by atoms with van der Waals surface area (Å²) in [6.45, 7) is 1.49. The lowest BCUT2D eigenvalue weighted by Gasteiger charge is -2.21. The topological polar surface area (TPSA) is 175 Å². The van der Waals surface area contributed by atoms with E-state index in [1.54, 1.807) is 36.6 Å². The highest BCUT2D eigenvalue weighted by Crippen LogP contribution is 2.34. The Kier molecular flexibility index (Phi) is 7.85. The van der Waals surface area contributed by atoms with Crippen molar-refractivity contribution in [3.8, 4) is 0 Å². The van der Waals surface area contributed by atoms with Gasteiger partial charge in [-0.15, -0.1) is 11.3 Å². The summed E-state index contributed by atoms with van der Waals surface area (Å²) in [5.41, 5.74) is -0.254. The van der Waals surface area contributed by atoms with Crippen molar-refractivity contribution in [3.63, 3.8) is 0 Å². The Morgan fingerprint density at radius 3 is 2.83 bits per heavy atom. The molecule has 0 aliphatic heterocycles. The maximum absolute atomic E-state index is 13.3. The molecule has 36 heavy (non-hydrogen) atoms. The molecule has 192 valence electrons. The van der Waals surface area contributed by atoms with Gasteiger partial charge in [-0.25, -0.2) is 15.0 Å². The van der Waals surface area contributed by atoms with Crippen LogP contribution in [-0.2, 0) is 15.9 Å². The number of aliphatic hydroxyl groups excluding tert-OH is 1. The predicted molar refractivity (Wildman–Crippen MR) is 136 cm³/mol. The number of rotatable bonds is 9. The first kappa shape index (κ1) is 26.7. The summed E-state index contributed by atoms with van der Waals surface area (Å²) in [6, 6.07) is 6.55. The van der Waals surface area contributed by atoms with E-state index in [0.29, 0.717) is 33.6 Å². The van der Waals surface area contributed by atoms with E-state index in [0.717, 1.165) is 0 Å². The molecule has 14 heteroatoms. The monoisotopic (exact) mass is 597 g/mol. The number of hydrogen-bond acceptors (Lipinski definition) is 10. The number of aromatic nitrogens is 3. The highest BCUT2D eigenvalue weighted by Gasteiger charge is 2.35. The lowest BCUT2D eigenvalue weighted by molar-refractivity contribution is 0.0975. The second kappa shape index (κ2) is 10.6. The van der Waals surface area contributed by atoms with Crippen LogP contribution in [0.2, 0.25) is 0 Å². The van der Waals surface area contributed by atoms with E-state index >= 15 is 0 Å². The molecule has 3 aromatic heterocycles. The fourth-order valence-electron chi connectivity index (χ4n) is 4.13. The first-order valence-electron chi connectivity index (χ1n) is 10.9. The van der Waals surface area contributed by atoms with Crippen molar-refractivity contribution < 1.29 is 28.0 Å². The molecule has 1 fully saturated rings. The predicted octanol–water partition coefficient (Wildman–Crippen LogP) is 2.13. The molecule has 0 radical (unpaired) electrons. The molecule has 0 aromatic carbocycles. The molecule has 0 unspecified atom stereocenters. The second-order valence-corrected chi connectivity index (χ2v) is 11.7. The zero-order valence-corrected chi connectivity index (χ0v) is 22.2. The average Bonchev–Trinajstić information content (AvgIpc) is 3.44. The number of ketones is 1. The van der Waals surface area contributed by atoms with Gasteiger partial charge in [0.25, 0.3) is 0 Å². The van der Waals surface area contributed by atoms with E-state index in [2.05, 4.69) is 36.2 Å². The Morgan fingerprint density at radius 1 is 1.33 bits per heavy atom. The number of carbonyl (C=O) groups is 1. The molecule has 0 bridgehead atoms. The van der Waals surface area contributed by atoms with E-state index in [1.165, 1.54) is 23.9 Å². The Labute approximate surface area is 220 Å². The van der Waals surface area contributed by atoms with Crippen LogP contribution < -0.4 is 10.0 Å². The van der Waals surface area contributed by atoms with Crippen LogP contribution >= 0.6 is 27.3 Å². The average molecular weight is 599 g/mol. The van der Waals surface area contributed by atoms with E-state index in [1.807, 2.05) is 4.72 Å². The number of nitrogens with zero attached hydrogens (tertiary/aromatic N) is 3. The number of carbonyl (C=O) groups excluding carboxylic acids is 1. The molecule has 11 nitrogen and oxygen atoms in total. The number of anilines is 1. The molecule has 1 aliphatic rings. The smallest absolute Gasteiger partial charge is 0.333 e. The van der Waals surface area contributed by atoms with Crippen LogP contribution in [0.1, 0.15) is 46.3 Å². The summed E-state index contributed by atoms with van der Waals surface area (Å²) in [6.07, 6.45) is 2.60. The summed E-state index contributed by atoms with van der Waals surface area (Å²) in [7, 11) is -4.36. The molecule has 4 atom stereocenters. The summed E-state index contributed by atoms with van der Waals surface area (Å²) in [4.78, 5) is 26.2. The summed E-state index contributed by atoms with van der Waals surface area (Å²) in [5, 5.41) is 26.3. The van der Waals surface area contributed by atoms with Gasteiger partial charge in [-0.1, -0.05) is 6.07 Å². The standard InChI is InChI=1S/C22H24BrN5O6S2/c1-22(31,18-3-2-4-19(23)28-18)13-6-17(35-10-13)20(30)15-9-24-11-25-21(15)27-14-5-12(16(29)7-14)8-26-36(32,33)34/h2-4,6,9-12,14,16,26,29,31H,5,7-8H2,1H3,(H,24,25,27)(H,32,33,34)/t12-,14-,16+,22-/m1/s1. The van der Waals surface area contributed by atoms with Gasteiger partial charge in [-0.3, -0.25) is 9.35 Å². The number of thiophene rings is 1. The lowest BCUT2D eigenvalue weighted by atomic mass is 9.94. The summed E-state index contributed by atoms with van der Waals surface area (Å²) in [5.74, 6) is -0.472. The molecule has 3 aromatic rings. The van der Waals surface area contributed by atoms with Gasteiger partial charge in [0, 0.05) is 30.3 Å². The largest absolute Gasteiger partial charge is 0.393 e. The normalized spacial score (nSPS) is 21.8. The quantitative estimate of drug-likeness (QED) is 0.139. The minimum Gasteiger partial charge on any atom is -0.393 e. The van der Waals surface area contributed by atoms with E-state index in [4.69, 9.17) is 4.55 Å². The molecular weight excluding hydrogens is 574 g/mol. The molecular formula is C22H24BrN5O6S2. The molecule has 1 aliphatic carbocycles. The van der Waals surface area contributed by atoms with Gasteiger partial charge < -0.3 is 15.5 Å². The van der Waals surface area contributed by atoms with Crippen LogP contribution in [0.5, 0.6) is 0 Å². The van der Waals surface area contributed by atoms with Gasteiger partial charge in [0.1, 0.15) is 22.3 Å². The minimum atomic E-state index is -4.36. The van der Waals surface area contributed by atoms with Gasteiger partial charge in [0.2, 0.25) is 5.78 Å². The number of nitrogens with one attached hydrogen (secondary N) is 2. The highest BCUT2D eigenvalue weighted by atomic mass is 79.9. The Bertz CT molecular complexity index is 1370. The fraction of sp³-hybridized carbons (Fsp3) is 0.364. The third-order valence-corrected chi connectivity index (χ3v) is 7.98. The summed E-state index contributed by atoms with van der Waals surface area (Å²) >= 11 is 4.48. The first-order valence-corrected chi connectivity index (χ1v) is 14.0. The SMILES string of the molecule is C[C@@](O)(c1csc(C(=O)c2cncnc2N[C@@H]2C[C@H](CNS(=O)(=O)O)[C@@H](O)C2)c1)c1cccc(Br)n1. The van der Waals surface area contributed by atoms with Crippen molar-refractivity contribution in [3.05, 3.63) is 68.5 Å². The molecule has 0 spiro atoms. The van der Waals surface area contributed by atoms with Gasteiger partial charge in [0.15, 0.2) is 0 Å². The highest BCUT2D eigenvalue weighted by molar-refractivity contribution is 9.10. The molecule has 0 saturated heterocycles. The maximum atomic E-state index is 13.3. The Hall–Kier alpha value is -2.33. The zero-order valence-electron chi connectivity index (χ0n) is 19.0. The van der Waals surface area contributed by atoms with Crippen molar-refractivity contribution in [1.82, 2.24) is 19.7 Å². The van der Waals surface area contributed by atoms with Crippen LogP contribution in [-0.4, -0.2) is 62.6 Å². The third kappa shape index (κ3) is 6.14. The van der Waals surface area contributed by atoms with Crippen LogP contribution in [0.4, 0.5) is 5.82 Å². The maximum Gasteiger partial charge on any atom is 0.333 e. The number of pyridine rings is 1. The van der Waals surface area contributed by atoms with Crippen molar-refractivity contribution in [2.45, 2.75) is 37.5 Å². The van der Waals surface area contributed by atoms with Crippen LogP contribution in [0.25, 0.3) is 0 Å². The van der Waals surface area contributed by atoms with Crippen molar-refractivity contribution in [1.29, 1.82) is 0 Å². The van der Waals surface area contributed by atoms with E-state index < -0.39 is 27.9 Å². The molecule has 3 heterocycles. The van der Waals surface area contributed by atoms with Crippen molar-refractivity contribution in [2.75, 3.05) is 11.9 Å². The fourth-order valence-corrected chi connectivity index (χ4v) is 5.86. The van der Waals surface area contributed by atoms with Gasteiger partial charge in [-0.05, 0) is 59.3 Å². The van der Waals surface area contributed by atoms with Gasteiger partial charge >= 0.3 is 10.3 Å². The molecule has 5 N–H and O–H groups in total.